The number of carbonyl (C=O) groups excluding carboxylic acids is 5. The second-order valence-electron chi connectivity index (χ2n) is 7.92. The topological polar surface area (TPSA) is 263 Å². The van der Waals surface area contributed by atoms with Gasteiger partial charge in [0.2, 0.25) is 29.5 Å². The number of aliphatic carboxylic acids is 1. The third kappa shape index (κ3) is 11.8. The molecule has 0 rings (SSSR count). The summed E-state index contributed by atoms with van der Waals surface area (Å²) in [5.41, 5.74) is 21.3. The Morgan fingerprint density at radius 3 is 1.76 bits per heavy atom. The van der Waals surface area contributed by atoms with E-state index in [1.807, 2.05) is 0 Å². The predicted octanol–water partition coefficient (Wildman–Crippen LogP) is -3.61. The number of hydrogen-bond donors (Lipinski definition) is 8. The van der Waals surface area contributed by atoms with Gasteiger partial charge in [0.15, 0.2) is 0 Å². The third-order valence-corrected chi connectivity index (χ3v) is 4.61. The molecule has 0 aromatic carbocycles. The van der Waals surface area contributed by atoms with E-state index < -0.39 is 78.4 Å². The molecule has 4 unspecified atom stereocenters. The Balaban J connectivity index is 5.53. The smallest absolute Gasteiger partial charge is 0.326 e. The van der Waals surface area contributed by atoms with Crippen LogP contribution in [0.4, 0.5) is 0 Å². The number of nitrogens with one attached hydrogen (secondary N) is 3. The molecule has 0 radical (unpaired) electrons. The van der Waals surface area contributed by atoms with Crippen molar-refractivity contribution in [3.8, 4) is 0 Å². The fourth-order valence-corrected chi connectivity index (χ4v) is 2.80. The van der Waals surface area contributed by atoms with Crippen molar-refractivity contribution < 1.29 is 33.9 Å². The van der Waals surface area contributed by atoms with Crippen molar-refractivity contribution in [1.82, 2.24) is 16.0 Å². The predicted molar refractivity (Wildman–Crippen MR) is 117 cm³/mol. The van der Waals surface area contributed by atoms with Crippen LogP contribution in [0.3, 0.4) is 0 Å². The molecule has 33 heavy (non-hydrogen) atoms. The fraction of sp³-hybridized carbons (Fsp3) is 0.684. The highest BCUT2D eigenvalue weighted by Crippen LogP contribution is 2.06. The van der Waals surface area contributed by atoms with Crippen LogP contribution in [0.15, 0.2) is 0 Å². The van der Waals surface area contributed by atoms with Crippen molar-refractivity contribution in [2.45, 2.75) is 70.1 Å². The highest BCUT2D eigenvalue weighted by atomic mass is 16.4. The van der Waals surface area contributed by atoms with E-state index in [0.717, 1.165) is 0 Å². The second-order valence-corrected chi connectivity index (χ2v) is 7.92. The Labute approximate surface area is 191 Å². The largest absolute Gasteiger partial charge is 0.480 e. The first-order valence-electron chi connectivity index (χ1n) is 10.5. The number of rotatable bonds is 16. The van der Waals surface area contributed by atoms with Crippen LogP contribution in [-0.2, 0) is 28.8 Å². The van der Waals surface area contributed by atoms with Crippen molar-refractivity contribution in [1.29, 1.82) is 0 Å². The second kappa shape index (κ2) is 14.7. The minimum absolute atomic E-state index is 0.118. The molecule has 0 saturated carbocycles. The summed E-state index contributed by atoms with van der Waals surface area (Å²) in [5.74, 6) is -6.07. The number of primary amides is 2. The molecule has 0 aliphatic heterocycles. The number of hydrogen-bond acceptors (Lipinski definition) is 8. The molecular formula is C19H35N7O7. The summed E-state index contributed by atoms with van der Waals surface area (Å²) >= 11 is 0. The maximum atomic E-state index is 12.8. The summed E-state index contributed by atoms with van der Waals surface area (Å²) in [6.45, 7) is 3.47. The summed E-state index contributed by atoms with van der Waals surface area (Å²) in [5, 5.41) is 16.2. The molecule has 0 aliphatic rings. The summed E-state index contributed by atoms with van der Waals surface area (Å²) in [7, 11) is 0. The maximum Gasteiger partial charge on any atom is 0.326 e. The summed E-state index contributed by atoms with van der Waals surface area (Å²) in [6.07, 6.45) is 0.0365. The lowest BCUT2D eigenvalue weighted by atomic mass is 10.0. The maximum absolute atomic E-state index is 12.8. The first-order chi connectivity index (χ1) is 15.3. The minimum Gasteiger partial charge on any atom is -0.480 e. The highest BCUT2D eigenvalue weighted by Gasteiger charge is 2.32. The standard InChI is InChI=1S/C19H35N7O7/c1-9(2)15(19(32)33)26-18(31)12(8-14(23)28)25-17(30)11(5-3-4-6-20)24-16(29)10(21)7-13(22)27/h9-12,15H,3-8,20-21H2,1-2H3,(H2,22,27)(H2,23,28)(H,24,29)(H,25,30)(H,26,31)(H,32,33). The molecule has 14 nitrogen and oxygen atoms in total. The zero-order chi connectivity index (χ0) is 25.7. The quantitative estimate of drug-likeness (QED) is 0.103. The number of nitrogens with two attached hydrogens (primary N) is 4. The van der Waals surface area contributed by atoms with Crippen LogP contribution in [0.25, 0.3) is 0 Å². The van der Waals surface area contributed by atoms with Crippen LogP contribution >= 0.6 is 0 Å². The van der Waals surface area contributed by atoms with Crippen molar-refractivity contribution in [2.24, 2.45) is 28.9 Å². The summed E-state index contributed by atoms with van der Waals surface area (Å²) in [6, 6.07) is -5.22. The molecular weight excluding hydrogens is 438 g/mol. The average molecular weight is 474 g/mol. The van der Waals surface area contributed by atoms with E-state index in [2.05, 4.69) is 16.0 Å². The molecule has 0 aromatic rings. The number of carboxylic acid groups (broad SMARTS) is 1. The van der Waals surface area contributed by atoms with Crippen LogP contribution in [0.5, 0.6) is 0 Å². The van der Waals surface area contributed by atoms with Gasteiger partial charge in [-0.05, 0) is 31.7 Å². The molecule has 14 heteroatoms. The third-order valence-electron chi connectivity index (χ3n) is 4.61. The fourth-order valence-electron chi connectivity index (χ4n) is 2.80. The van der Waals surface area contributed by atoms with Gasteiger partial charge >= 0.3 is 5.97 Å². The van der Waals surface area contributed by atoms with E-state index in [0.29, 0.717) is 19.4 Å². The average Bonchev–Trinajstić information content (AvgIpc) is 2.68. The number of carboxylic acids is 1. The van der Waals surface area contributed by atoms with E-state index in [9.17, 15) is 33.9 Å². The van der Waals surface area contributed by atoms with Crippen molar-refractivity contribution >= 4 is 35.5 Å². The first-order valence-corrected chi connectivity index (χ1v) is 10.5. The molecule has 0 heterocycles. The molecule has 0 aromatic heterocycles. The van der Waals surface area contributed by atoms with Gasteiger partial charge < -0.3 is 44.0 Å². The van der Waals surface area contributed by atoms with Crippen LogP contribution in [-0.4, -0.2) is 71.3 Å². The van der Waals surface area contributed by atoms with Crippen LogP contribution in [0.2, 0.25) is 0 Å². The van der Waals surface area contributed by atoms with E-state index in [1.54, 1.807) is 13.8 Å². The van der Waals surface area contributed by atoms with Gasteiger partial charge in [-0.25, -0.2) is 4.79 Å². The molecule has 4 atom stereocenters. The zero-order valence-electron chi connectivity index (χ0n) is 18.8. The van der Waals surface area contributed by atoms with Gasteiger partial charge in [-0.3, -0.25) is 24.0 Å². The van der Waals surface area contributed by atoms with E-state index in [4.69, 9.17) is 22.9 Å². The molecule has 188 valence electrons. The van der Waals surface area contributed by atoms with Crippen LogP contribution < -0.4 is 38.9 Å². The molecule has 0 spiro atoms. The monoisotopic (exact) mass is 473 g/mol. The molecule has 0 bridgehead atoms. The number of unbranched alkanes of at least 4 members (excludes halogenated alkanes) is 1. The van der Waals surface area contributed by atoms with Gasteiger partial charge in [-0.1, -0.05) is 13.8 Å². The van der Waals surface area contributed by atoms with Gasteiger partial charge in [-0.2, -0.15) is 0 Å². The van der Waals surface area contributed by atoms with Gasteiger partial charge in [0.05, 0.1) is 18.9 Å². The SMILES string of the molecule is CC(C)C(NC(=O)C(CC(N)=O)NC(=O)C(CCCCN)NC(=O)C(N)CC(N)=O)C(=O)O. The summed E-state index contributed by atoms with van der Waals surface area (Å²) in [4.78, 5) is 71.5. The minimum atomic E-state index is -1.48. The summed E-state index contributed by atoms with van der Waals surface area (Å²) < 4.78 is 0. The van der Waals surface area contributed by atoms with Crippen LogP contribution in [0, 0.1) is 5.92 Å². The van der Waals surface area contributed by atoms with E-state index in [-0.39, 0.29) is 6.42 Å². The van der Waals surface area contributed by atoms with Gasteiger partial charge in [0.1, 0.15) is 18.1 Å². The van der Waals surface area contributed by atoms with Gasteiger partial charge in [-0.15, -0.1) is 0 Å². The first kappa shape index (κ1) is 29.7. The lowest BCUT2D eigenvalue weighted by Crippen LogP contribution is -2.58. The number of carbonyl (C=O) groups is 6. The number of amides is 5. The lowest BCUT2D eigenvalue weighted by molar-refractivity contribution is -0.143. The zero-order valence-corrected chi connectivity index (χ0v) is 18.8. The Kier molecular flexibility index (Phi) is 13.3. The Morgan fingerprint density at radius 1 is 0.788 bits per heavy atom. The van der Waals surface area contributed by atoms with Gasteiger partial charge in [0, 0.05) is 0 Å². The Morgan fingerprint density at radius 2 is 1.30 bits per heavy atom. The van der Waals surface area contributed by atoms with Crippen LogP contribution in [0.1, 0.15) is 46.0 Å². The normalized spacial score (nSPS) is 14.5. The van der Waals surface area contributed by atoms with E-state index >= 15 is 0 Å². The Bertz CT molecular complexity index is 729. The highest BCUT2D eigenvalue weighted by molar-refractivity contribution is 5.96. The molecule has 12 N–H and O–H groups in total. The van der Waals surface area contributed by atoms with Crippen molar-refractivity contribution in [3.05, 3.63) is 0 Å². The molecule has 0 saturated heterocycles. The molecule has 0 fully saturated rings. The lowest BCUT2D eigenvalue weighted by Gasteiger charge is -2.25. The van der Waals surface area contributed by atoms with Crippen molar-refractivity contribution in [3.63, 3.8) is 0 Å². The molecule has 5 amide bonds. The Hall–Kier alpha value is -3.26. The molecule has 0 aliphatic carbocycles. The van der Waals surface area contributed by atoms with E-state index in [1.165, 1.54) is 0 Å². The van der Waals surface area contributed by atoms with Gasteiger partial charge in [0.25, 0.3) is 0 Å². The van der Waals surface area contributed by atoms with Crippen molar-refractivity contribution in [2.75, 3.05) is 6.54 Å².